The molecule has 0 saturated carbocycles. The number of thioether (sulfide) groups is 1. The Kier molecular flexibility index (Phi) is 15.4. The third-order valence-electron chi connectivity index (χ3n) is 10.5. The first kappa shape index (κ1) is 45.2. The molecular formula is C45H53ClF3N7O2S2. The van der Waals surface area contributed by atoms with Gasteiger partial charge in [-0.05, 0) is 121 Å². The van der Waals surface area contributed by atoms with Crippen LogP contribution in [0.3, 0.4) is 0 Å². The molecule has 15 heteroatoms. The average Bonchev–Trinajstić information content (AvgIpc) is 3.70. The van der Waals surface area contributed by atoms with Crippen LogP contribution in [-0.4, -0.2) is 79.1 Å². The van der Waals surface area contributed by atoms with Crippen LogP contribution in [-0.2, 0) is 0 Å². The number of amides is 1. The number of anilines is 2. The van der Waals surface area contributed by atoms with Crippen LogP contribution in [0, 0.1) is 5.41 Å². The van der Waals surface area contributed by atoms with Crippen LogP contribution in [0.15, 0.2) is 101 Å². The molecule has 2 aliphatic rings. The molecule has 1 aliphatic carbocycles. The van der Waals surface area contributed by atoms with E-state index in [1.54, 1.807) is 37.6 Å². The summed E-state index contributed by atoms with van der Waals surface area (Å²) in [6.07, 6.45) is 6.67. The summed E-state index contributed by atoms with van der Waals surface area (Å²) >= 11 is 6.99. The smallest absolute Gasteiger partial charge is 0.446 e. The lowest BCUT2D eigenvalue weighted by Gasteiger charge is -2.39. The number of nitrogens with one attached hydrogen (secondary N) is 4. The fourth-order valence-electron chi connectivity index (χ4n) is 7.38. The molecule has 9 nitrogen and oxygen atoms in total. The van der Waals surface area contributed by atoms with Gasteiger partial charge in [-0.1, -0.05) is 57.0 Å². The number of pyridine rings is 1. The van der Waals surface area contributed by atoms with Crippen LogP contribution in [0.5, 0.6) is 11.5 Å². The van der Waals surface area contributed by atoms with Gasteiger partial charge in [0.2, 0.25) is 0 Å². The zero-order chi connectivity index (χ0) is 42.9. The molecule has 0 spiro atoms. The third-order valence-corrected chi connectivity index (χ3v) is 12.3. The van der Waals surface area contributed by atoms with Gasteiger partial charge < -0.3 is 25.3 Å². The summed E-state index contributed by atoms with van der Waals surface area (Å²) in [5.41, 5.74) is 2.24. The van der Waals surface area contributed by atoms with Crippen molar-refractivity contribution in [3.8, 4) is 11.5 Å². The van der Waals surface area contributed by atoms with E-state index in [9.17, 15) is 18.0 Å². The minimum atomic E-state index is -4.48. The number of carbonyl (C=O) groups is 1. The standard InChI is InChI=1S/C43H47ClF3N7O2S2.C2H6/c1-42(2)14-12-30(36(25-42)28-4-6-31(44)7-5-28)27-53-18-20-54(21-19-53)32-8-10-35(38(23-32)56-33-22-29-13-15-50-40(29)51-26-33)41(55)52-58-34-9-11-37(49-17-16-48-3)39(24-34)57-43(45,46)47;1-2/h4-11,13,15,22-24,26,48-49H,12,14,16-21,25,27H2,1-3H3,(H,50,51)(H,52,55);1-2H3. The van der Waals surface area contributed by atoms with E-state index in [2.05, 4.69) is 61.1 Å². The van der Waals surface area contributed by atoms with E-state index in [4.69, 9.17) is 16.3 Å². The predicted molar refractivity (Wildman–Crippen MR) is 243 cm³/mol. The number of carbonyl (C=O) groups excluding carboxylic acids is 1. The number of ether oxygens (including phenoxy) is 1. The number of fused-ring (bicyclic) bond motifs is 1. The monoisotopic (exact) mass is 879 g/mol. The van der Waals surface area contributed by atoms with Gasteiger partial charge in [0.05, 0.1) is 11.8 Å². The van der Waals surface area contributed by atoms with E-state index in [0.717, 1.165) is 80.0 Å². The number of aromatic amines is 1. The molecule has 4 N–H and O–H groups in total. The number of hydrogen-bond acceptors (Lipinski definition) is 9. The Bertz CT molecular complexity index is 2260. The van der Waals surface area contributed by atoms with Gasteiger partial charge >= 0.3 is 5.51 Å². The molecule has 3 aromatic carbocycles. The molecule has 0 atom stereocenters. The average molecular weight is 881 g/mol. The van der Waals surface area contributed by atoms with Gasteiger partial charge in [0.25, 0.3) is 5.91 Å². The quantitative estimate of drug-likeness (QED) is 0.0494. The molecule has 1 amide bonds. The van der Waals surface area contributed by atoms with E-state index in [1.807, 2.05) is 50.2 Å². The number of likely N-dealkylation sites (N-methyl/N-ethyl adjacent to an activating group) is 1. The Labute approximate surface area is 364 Å². The SMILES string of the molecule is CC.CNCCNc1ccc(SNC(=O)c2ccc(N3CCN(CC4=C(c5ccc(Cl)cc5)CC(C)(C)CC4)CC3)cc2Oc2cnc3[nH]ccc3c2)cc1SC(F)(F)F. The summed E-state index contributed by atoms with van der Waals surface area (Å²) in [6.45, 7) is 14.0. The molecule has 0 radical (unpaired) electrons. The Balaban J connectivity index is 0.00000297. The van der Waals surface area contributed by atoms with Crippen molar-refractivity contribution in [2.45, 2.75) is 62.3 Å². The first-order chi connectivity index (χ1) is 28.8. The molecule has 1 fully saturated rings. The normalized spacial score (nSPS) is 15.7. The molecule has 3 heterocycles. The molecule has 0 bridgehead atoms. The van der Waals surface area contributed by atoms with Crippen LogP contribution in [0.4, 0.5) is 24.5 Å². The van der Waals surface area contributed by atoms with Crippen molar-refractivity contribution in [2.24, 2.45) is 5.41 Å². The first-order valence-corrected chi connectivity index (χ1v) is 22.3. The Morgan fingerprint density at radius 2 is 1.75 bits per heavy atom. The van der Waals surface area contributed by atoms with Crippen molar-refractivity contribution in [1.82, 2.24) is 24.9 Å². The van der Waals surface area contributed by atoms with Crippen LogP contribution < -0.4 is 25.0 Å². The number of halogens is 4. The lowest BCUT2D eigenvalue weighted by molar-refractivity contribution is -0.0328. The number of nitrogens with zero attached hydrogens (tertiary/aromatic N) is 3. The molecular weight excluding hydrogens is 827 g/mol. The number of rotatable bonds is 14. The number of benzene rings is 3. The summed E-state index contributed by atoms with van der Waals surface area (Å²) in [7, 11) is 1.77. The maximum atomic E-state index is 13.8. The number of aromatic nitrogens is 2. The third kappa shape index (κ3) is 12.2. The minimum Gasteiger partial charge on any atom is -0.455 e. The van der Waals surface area contributed by atoms with Gasteiger partial charge in [-0.25, -0.2) is 4.98 Å². The lowest BCUT2D eigenvalue weighted by Crippen LogP contribution is -2.47. The van der Waals surface area contributed by atoms with Crippen LogP contribution in [0.2, 0.25) is 5.02 Å². The molecule has 2 aromatic heterocycles. The Hall–Kier alpha value is -4.34. The summed E-state index contributed by atoms with van der Waals surface area (Å²) in [5.74, 6) is 0.356. The number of allylic oxidation sites excluding steroid dienone is 1. The Morgan fingerprint density at radius 3 is 2.48 bits per heavy atom. The highest BCUT2D eigenvalue weighted by molar-refractivity contribution is 8.00. The number of piperazine rings is 1. The highest BCUT2D eigenvalue weighted by Crippen LogP contribution is 2.44. The highest BCUT2D eigenvalue weighted by Gasteiger charge is 2.32. The second-order valence-electron chi connectivity index (χ2n) is 15.3. The summed E-state index contributed by atoms with van der Waals surface area (Å²) < 4.78 is 49.6. The number of alkyl halides is 3. The van der Waals surface area contributed by atoms with Gasteiger partial charge in [0.1, 0.15) is 17.1 Å². The molecule has 7 rings (SSSR count). The number of hydrogen-bond donors (Lipinski definition) is 4. The predicted octanol–water partition coefficient (Wildman–Crippen LogP) is 11.5. The second-order valence-corrected chi connectivity index (χ2v) is 17.8. The topological polar surface area (TPSA) is 97.6 Å². The van der Waals surface area contributed by atoms with Gasteiger partial charge in [-0.15, -0.1) is 0 Å². The summed E-state index contributed by atoms with van der Waals surface area (Å²) in [4.78, 5) is 26.6. The molecule has 5 aromatic rings. The maximum absolute atomic E-state index is 13.8. The van der Waals surface area contributed by atoms with Gasteiger partial charge in [-0.3, -0.25) is 14.4 Å². The van der Waals surface area contributed by atoms with Crippen LogP contribution >= 0.6 is 35.3 Å². The fourth-order valence-corrected chi connectivity index (χ4v) is 8.90. The maximum Gasteiger partial charge on any atom is 0.446 e. The molecule has 320 valence electrons. The summed E-state index contributed by atoms with van der Waals surface area (Å²) in [5, 5.41) is 7.62. The van der Waals surface area contributed by atoms with Crippen molar-refractivity contribution in [3.05, 3.63) is 107 Å². The zero-order valence-corrected chi connectivity index (χ0v) is 37.0. The van der Waals surface area contributed by atoms with E-state index in [-0.39, 0.29) is 27.6 Å². The molecule has 60 heavy (non-hydrogen) atoms. The van der Waals surface area contributed by atoms with Gasteiger partial charge in [0.15, 0.2) is 0 Å². The van der Waals surface area contributed by atoms with Crippen molar-refractivity contribution < 1.29 is 22.7 Å². The van der Waals surface area contributed by atoms with Gasteiger partial charge in [0, 0.05) is 89.7 Å². The second kappa shape index (κ2) is 20.5. The van der Waals surface area contributed by atoms with Crippen LogP contribution in [0.1, 0.15) is 62.9 Å². The molecule has 1 saturated heterocycles. The largest absolute Gasteiger partial charge is 0.455 e. The lowest BCUT2D eigenvalue weighted by atomic mass is 9.72. The highest BCUT2D eigenvalue weighted by atomic mass is 35.5. The van der Waals surface area contributed by atoms with E-state index in [1.165, 1.54) is 22.8 Å². The molecule has 0 unspecified atom stereocenters. The van der Waals surface area contributed by atoms with Crippen molar-refractivity contribution >= 4 is 69.2 Å². The zero-order valence-electron chi connectivity index (χ0n) is 34.6. The van der Waals surface area contributed by atoms with Crippen molar-refractivity contribution in [2.75, 3.05) is 63.1 Å². The van der Waals surface area contributed by atoms with Crippen LogP contribution in [0.25, 0.3) is 16.6 Å². The minimum absolute atomic E-state index is 0.0189. The van der Waals surface area contributed by atoms with Crippen molar-refractivity contribution in [3.63, 3.8) is 0 Å². The Morgan fingerprint density at radius 1 is 0.983 bits per heavy atom. The summed E-state index contributed by atoms with van der Waals surface area (Å²) in [6, 6.07) is 22.2. The van der Waals surface area contributed by atoms with E-state index < -0.39 is 11.4 Å². The first-order valence-electron chi connectivity index (χ1n) is 20.3. The van der Waals surface area contributed by atoms with Gasteiger partial charge in [-0.2, -0.15) is 13.2 Å². The van der Waals surface area contributed by atoms with E-state index in [0.29, 0.717) is 40.8 Å². The van der Waals surface area contributed by atoms with E-state index >= 15 is 0 Å². The number of H-pyrrole nitrogens is 1. The molecule has 1 aliphatic heterocycles. The fraction of sp³-hybridized carbons (Fsp3) is 0.378. The van der Waals surface area contributed by atoms with Crippen molar-refractivity contribution in [1.29, 1.82) is 0 Å².